The molecule has 0 atom stereocenters. The van der Waals surface area contributed by atoms with Gasteiger partial charge in [-0.15, -0.1) is 11.3 Å². The number of halogens is 3. The highest BCUT2D eigenvalue weighted by molar-refractivity contribution is 7.13. The number of nitrogens with one attached hydrogen (secondary N) is 1. The zero-order valence-electron chi connectivity index (χ0n) is 13.0. The Labute approximate surface area is 145 Å². The standard InChI is InChI=1S/C15H14F3N3O3S/c1-2-23-13(22)5-10-8-25-15(20-10)21-19-7-9-3-4-11(6-12(9)16)24-14(17)18/h3-4,6-8,14H,2,5H2,1H3,(H,20,21). The van der Waals surface area contributed by atoms with Gasteiger partial charge in [0.05, 0.1) is 24.9 Å². The van der Waals surface area contributed by atoms with E-state index in [9.17, 15) is 18.0 Å². The molecule has 25 heavy (non-hydrogen) atoms. The van der Waals surface area contributed by atoms with Crippen molar-refractivity contribution in [1.29, 1.82) is 0 Å². The molecule has 0 aliphatic carbocycles. The molecule has 0 aliphatic heterocycles. The van der Waals surface area contributed by atoms with Crippen LogP contribution in [0.2, 0.25) is 0 Å². The van der Waals surface area contributed by atoms with E-state index in [1.807, 2.05) is 0 Å². The molecule has 0 saturated carbocycles. The highest BCUT2D eigenvalue weighted by Crippen LogP contribution is 2.18. The topological polar surface area (TPSA) is 72.8 Å². The molecule has 0 fully saturated rings. The number of carbonyl (C=O) groups excluding carboxylic acids is 1. The number of ether oxygens (including phenoxy) is 2. The quantitative estimate of drug-likeness (QED) is 0.436. The van der Waals surface area contributed by atoms with Crippen LogP contribution in [0.15, 0.2) is 28.7 Å². The molecule has 6 nitrogen and oxygen atoms in total. The number of alkyl halides is 2. The Morgan fingerprint density at radius 1 is 1.48 bits per heavy atom. The summed E-state index contributed by atoms with van der Waals surface area (Å²) in [6.07, 6.45) is 1.23. The average Bonchev–Trinajstić information content (AvgIpc) is 2.96. The summed E-state index contributed by atoms with van der Waals surface area (Å²) in [5.74, 6) is -1.41. The lowest BCUT2D eigenvalue weighted by molar-refractivity contribution is -0.142. The lowest BCUT2D eigenvalue weighted by Gasteiger charge is -2.05. The molecular formula is C15H14F3N3O3S. The van der Waals surface area contributed by atoms with Gasteiger partial charge < -0.3 is 9.47 Å². The fourth-order valence-corrected chi connectivity index (χ4v) is 2.40. The Morgan fingerprint density at radius 2 is 2.28 bits per heavy atom. The van der Waals surface area contributed by atoms with Gasteiger partial charge >= 0.3 is 12.6 Å². The van der Waals surface area contributed by atoms with Gasteiger partial charge in [0.1, 0.15) is 11.6 Å². The SMILES string of the molecule is CCOC(=O)Cc1csc(NN=Cc2ccc(OC(F)F)cc2F)n1. The van der Waals surface area contributed by atoms with Crippen LogP contribution in [-0.4, -0.2) is 30.4 Å². The monoisotopic (exact) mass is 373 g/mol. The fraction of sp³-hybridized carbons (Fsp3) is 0.267. The number of carbonyl (C=O) groups is 1. The number of benzene rings is 1. The number of anilines is 1. The molecule has 2 rings (SSSR count). The molecule has 1 aromatic carbocycles. The van der Waals surface area contributed by atoms with E-state index < -0.39 is 12.4 Å². The van der Waals surface area contributed by atoms with Crippen molar-refractivity contribution < 1.29 is 27.4 Å². The van der Waals surface area contributed by atoms with E-state index in [2.05, 4.69) is 20.2 Å². The summed E-state index contributed by atoms with van der Waals surface area (Å²) in [7, 11) is 0. The maximum atomic E-state index is 13.7. The maximum absolute atomic E-state index is 13.7. The van der Waals surface area contributed by atoms with E-state index in [-0.39, 0.29) is 23.7 Å². The van der Waals surface area contributed by atoms with Gasteiger partial charge in [0.2, 0.25) is 5.13 Å². The van der Waals surface area contributed by atoms with Crippen molar-refractivity contribution in [3.05, 3.63) is 40.7 Å². The van der Waals surface area contributed by atoms with Crippen molar-refractivity contribution in [2.24, 2.45) is 5.10 Å². The molecule has 0 aliphatic rings. The first kappa shape index (κ1) is 18.7. The number of hydrazone groups is 1. The highest BCUT2D eigenvalue weighted by Gasteiger charge is 2.09. The number of nitrogens with zero attached hydrogens (tertiary/aromatic N) is 2. The van der Waals surface area contributed by atoms with Crippen LogP contribution in [0.3, 0.4) is 0 Å². The molecule has 1 heterocycles. The maximum Gasteiger partial charge on any atom is 0.387 e. The molecule has 1 aromatic heterocycles. The Kier molecular flexibility index (Phi) is 6.75. The third-order valence-corrected chi connectivity index (χ3v) is 3.54. The zero-order valence-corrected chi connectivity index (χ0v) is 13.9. The van der Waals surface area contributed by atoms with Crippen LogP contribution >= 0.6 is 11.3 Å². The van der Waals surface area contributed by atoms with E-state index in [4.69, 9.17) is 4.74 Å². The summed E-state index contributed by atoms with van der Waals surface area (Å²) in [5, 5.41) is 5.90. The molecule has 10 heteroatoms. The predicted octanol–water partition coefficient (Wildman–Crippen LogP) is 3.44. The smallest absolute Gasteiger partial charge is 0.387 e. The lowest BCUT2D eigenvalue weighted by Crippen LogP contribution is -2.07. The Hall–Kier alpha value is -2.62. The second-order valence-corrected chi connectivity index (χ2v) is 5.42. The fourth-order valence-electron chi connectivity index (χ4n) is 1.75. The first-order valence-corrected chi connectivity index (χ1v) is 7.99. The van der Waals surface area contributed by atoms with Crippen molar-refractivity contribution in [2.45, 2.75) is 20.0 Å². The molecule has 0 radical (unpaired) electrons. The van der Waals surface area contributed by atoms with Crippen molar-refractivity contribution in [2.75, 3.05) is 12.0 Å². The van der Waals surface area contributed by atoms with Crippen LogP contribution < -0.4 is 10.2 Å². The van der Waals surface area contributed by atoms with Crippen LogP contribution in [0.5, 0.6) is 5.75 Å². The van der Waals surface area contributed by atoms with Crippen LogP contribution in [0.4, 0.5) is 18.3 Å². The van der Waals surface area contributed by atoms with Gasteiger partial charge in [-0.1, -0.05) is 0 Å². The molecule has 0 unspecified atom stereocenters. The number of aromatic nitrogens is 1. The van der Waals surface area contributed by atoms with E-state index in [1.54, 1.807) is 12.3 Å². The van der Waals surface area contributed by atoms with Crippen molar-refractivity contribution in [1.82, 2.24) is 4.98 Å². The Bertz CT molecular complexity index is 753. The van der Waals surface area contributed by atoms with E-state index in [0.717, 1.165) is 6.07 Å². The van der Waals surface area contributed by atoms with Crippen LogP contribution in [0, 0.1) is 5.82 Å². The molecule has 0 saturated heterocycles. The minimum absolute atomic E-state index is 0.0515. The van der Waals surface area contributed by atoms with E-state index in [1.165, 1.54) is 29.7 Å². The van der Waals surface area contributed by atoms with Gasteiger partial charge in [0.25, 0.3) is 0 Å². The van der Waals surface area contributed by atoms with E-state index >= 15 is 0 Å². The van der Waals surface area contributed by atoms with Gasteiger partial charge in [-0.05, 0) is 19.1 Å². The Morgan fingerprint density at radius 3 is 2.96 bits per heavy atom. The van der Waals surface area contributed by atoms with Crippen molar-refractivity contribution in [3.63, 3.8) is 0 Å². The second-order valence-electron chi connectivity index (χ2n) is 4.56. The molecule has 1 N–H and O–H groups in total. The molecule has 2 aromatic rings. The van der Waals surface area contributed by atoms with Gasteiger partial charge in [-0.3, -0.25) is 10.2 Å². The molecule has 0 amide bonds. The number of hydrogen-bond acceptors (Lipinski definition) is 7. The third-order valence-electron chi connectivity index (χ3n) is 2.74. The normalized spacial score (nSPS) is 11.1. The summed E-state index contributed by atoms with van der Waals surface area (Å²) in [5.41, 5.74) is 3.21. The van der Waals surface area contributed by atoms with Crippen molar-refractivity contribution >= 4 is 28.7 Å². The van der Waals surface area contributed by atoms with Crippen molar-refractivity contribution in [3.8, 4) is 5.75 Å². The summed E-state index contributed by atoms with van der Waals surface area (Å²) in [6.45, 7) is -1.01. The minimum Gasteiger partial charge on any atom is -0.466 e. The number of hydrogen-bond donors (Lipinski definition) is 1. The molecule has 0 bridgehead atoms. The number of esters is 1. The summed E-state index contributed by atoms with van der Waals surface area (Å²) in [6, 6.07) is 3.30. The second kappa shape index (κ2) is 9.02. The first-order chi connectivity index (χ1) is 12.0. The lowest BCUT2D eigenvalue weighted by atomic mass is 10.2. The number of rotatable bonds is 8. The molecule has 134 valence electrons. The third kappa shape index (κ3) is 6.07. The average molecular weight is 373 g/mol. The van der Waals surface area contributed by atoms with Gasteiger partial charge in [0, 0.05) is 17.0 Å². The van der Waals surface area contributed by atoms with Gasteiger partial charge in [0.15, 0.2) is 0 Å². The summed E-state index contributed by atoms with van der Waals surface area (Å²) < 4.78 is 46.8. The van der Waals surface area contributed by atoms with Crippen LogP contribution in [0.1, 0.15) is 18.2 Å². The highest BCUT2D eigenvalue weighted by atomic mass is 32.1. The first-order valence-electron chi connectivity index (χ1n) is 7.11. The van der Waals surface area contributed by atoms with Gasteiger partial charge in [-0.25, -0.2) is 9.37 Å². The largest absolute Gasteiger partial charge is 0.466 e. The Balaban J connectivity index is 1.92. The zero-order chi connectivity index (χ0) is 18.2. The molecular weight excluding hydrogens is 359 g/mol. The molecule has 0 spiro atoms. The van der Waals surface area contributed by atoms with Gasteiger partial charge in [-0.2, -0.15) is 13.9 Å². The summed E-state index contributed by atoms with van der Waals surface area (Å²) >= 11 is 1.22. The minimum atomic E-state index is -3.02. The number of thiazole rings is 1. The predicted molar refractivity (Wildman–Crippen MR) is 86.7 cm³/mol. The summed E-state index contributed by atoms with van der Waals surface area (Å²) in [4.78, 5) is 15.5. The van der Waals surface area contributed by atoms with Crippen LogP contribution in [0.25, 0.3) is 0 Å². The van der Waals surface area contributed by atoms with E-state index in [0.29, 0.717) is 17.4 Å². The van der Waals surface area contributed by atoms with Crippen LogP contribution in [-0.2, 0) is 16.0 Å².